The Kier molecular flexibility index (Phi) is 7.91. The minimum absolute atomic E-state index is 0.0550. The zero-order valence-corrected chi connectivity index (χ0v) is 20.9. The third-order valence-corrected chi connectivity index (χ3v) is 8.96. The van der Waals surface area contributed by atoms with E-state index in [1.165, 1.54) is 6.07 Å². The Morgan fingerprint density at radius 2 is 1.62 bits per heavy atom. The topological polar surface area (TPSA) is 78.9 Å². The molecule has 0 bridgehead atoms. The van der Waals surface area contributed by atoms with Gasteiger partial charge >= 0.3 is 0 Å². The average molecular weight is 486 g/mol. The predicted octanol–water partition coefficient (Wildman–Crippen LogP) is 3.75. The lowest BCUT2D eigenvalue weighted by Crippen LogP contribution is -2.37. The fourth-order valence-corrected chi connectivity index (χ4v) is 6.66. The molecule has 2 saturated heterocycles. The van der Waals surface area contributed by atoms with E-state index in [-0.39, 0.29) is 16.8 Å². The minimum Gasteiger partial charge on any atom is -0.497 e. The molecule has 8 heteroatoms. The number of benzene rings is 2. The molecule has 4 rings (SSSR count). The third kappa shape index (κ3) is 5.45. The number of hydrogen-bond donors (Lipinski definition) is 1. The maximum Gasteiger partial charge on any atom is 0.251 e. The van der Waals surface area contributed by atoms with Crippen LogP contribution in [0, 0.1) is 6.92 Å². The fourth-order valence-electron chi connectivity index (χ4n) is 4.89. The molecule has 0 radical (unpaired) electrons. The SMILES string of the molecule is COc1ccc([C@@H](CNC(=O)c2ccc(C)c(S(=O)(=O)N3CCCCC3)c2)N2CCCC2)cc1. The number of piperidine rings is 1. The molecule has 1 N–H and O–H groups in total. The Morgan fingerprint density at radius 3 is 2.26 bits per heavy atom. The summed E-state index contributed by atoms with van der Waals surface area (Å²) < 4.78 is 33.3. The highest BCUT2D eigenvalue weighted by atomic mass is 32.2. The lowest BCUT2D eigenvalue weighted by molar-refractivity contribution is 0.0937. The number of hydrogen-bond acceptors (Lipinski definition) is 5. The number of likely N-dealkylation sites (tertiary alicyclic amines) is 1. The van der Waals surface area contributed by atoms with Gasteiger partial charge in [0.1, 0.15) is 5.75 Å². The molecule has 2 aliphatic heterocycles. The summed E-state index contributed by atoms with van der Waals surface area (Å²) in [5.74, 6) is 0.544. The van der Waals surface area contributed by atoms with Crippen LogP contribution in [-0.4, -0.2) is 63.4 Å². The standard InChI is InChI=1S/C26H35N3O4S/c1-20-8-9-22(18-25(20)34(31,32)29-16-4-3-5-17-29)26(30)27-19-24(28-14-6-7-15-28)21-10-12-23(33-2)13-11-21/h8-13,18,24H,3-7,14-17,19H2,1-2H3,(H,27,30)/t24-/m1/s1. The van der Waals surface area contributed by atoms with E-state index in [9.17, 15) is 13.2 Å². The Morgan fingerprint density at radius 1 is 0.971 bits per heavy atom. The number of sulfonamides is 1. The van der Waals surface area contributed by atoms with Gasteiger partial charge in [-0.25, -0.2) is 8.42 Å². The van der Waals surface area contributed by atoms with Gasteiger partial charge in [-0.05, 0) is 81.1 Å². The number of carbonyl (C=O) groups excluding carboxylic acids is 1. The van der Waals surface area contributed by atoms with Crippen LogP contribution in [0.3, 0.4) is 0 Å². The van der Waals surface area contributed by atoms with E-state index in [1.54, 1.807) is 30.5 Å². The zero-order valence-electron chi connectivity index (χ0n) is 20.1. The molecule has 2 heterocycles. The highest BCUT2D eigenvalue weighted by Gasteiger charge is 2.29. The first-order valence-corrected chi connectivity index (χ1v) is 13.6. The van der Waals surface area contributed by atoms with Crippen molar-refractivity contribution >= 4 is 15.9 Å². The van der Waals surface area contributed by atoms with Crippen LogP contribution in [0.2, 0.25) is 0 Å². The van der Waals surface area contributed by atoms with Crippen molar-refractivity contribution in [1.82, 2.24) is 14.5 Å². The molecule has 0 saturated carbocycles. The van der Waals surface area contributed by atoms with Crippen molar-refractivity contribution in [2.75, 3.05) is 39.8 Å². The number of carbonyl (C=O) groups is 1. The van der Waals surface area contributed by atoms with Gasteiger partial charge in [0.15, 0.2) is 0 Å². The highest BCUT2D eigenvalue weighted by Crippen LogP contribution is 2.27. The minimum atomic E-state index is -3.61. The molecule has 7 nitrogen and oxygen atoms in total. The van der Waals surface area contributed by atoms with Gasteiger partial charge in [-0.2, -0.15) is 4.31 Å². The number of amides is 1. The first kappa shape index (κ1) is 24.7. The molecule has 0 unspecified atom stereocenters. The van der Waals surface area contributed by atoms with Gasteiger partial charge < -0.3 is 10.1 Å². The second-order valence-electron chi connectivity index (χ2n) is 9.19. The number of nitrogens with one attached hydrogen (secondary N) is 1. The van der Waals surface area contributed by atoms with Gasteiger partial charge in [0.25, 0.3) is 5.91 Å². The molecular weight excluding hydrogens is 450 g/mol. The molecule has 34 heavy (non-hydrogen) atoms. The molecule has 1 amide bonds. The molecular formula is C26H35N3O4S. The summed E-state index contributed by atoms with van der Waals surface area (Å²) in [7, 11) is -1.96. The van der Waals surface area contributed by atoms with Crippen LogP contribution in [0.25, 0.3) is 0 Å². The maximum absolute atomic E-state index is 13.2. The normalized spacial score (nSPS) is 18.5. The maximum atomic E-state index is 13.2. The van der Waals surface area contributed by atoms with Crippen molar-refractivity contribution in [2.45, 2.75) is 50.0 Å². The molecule has 2 fully saturated rings. The van der Waals surface area contributed by atoms with Gasteiger partial charge in [0.05, 0.1) is 18.0 Å². The highest BCUT2D eigenvalue weighted by molar-refractivity contribution is 7.89. The summed E-state index contributed by atoms with van der Waals surface area (Å²) in [5.41, 5.74) is 2.16. The summed E-state index contributed by atoms with van der Waals surface area (Å²) in [6, 6.07) is 13.0. The van der Waals surface area contributed by atoms with Crippen molar-refractivity contribution < 1.29 is 17.9 Å². The molecule has 0 aromatic heterocycles. The Labute approximate surface area is 203 Å². The quantitative estimate of drug-likeness (QED) is 0.616. The molecule has 2 aromatic carbocycles. The monoisotopic (exact) mass is 485 g/mol. The summed E-state index contributed by atoms with van der Waals surface area (Å²) in [6.07, 6.45) is 5.11. The van der Waals surface area contributed by atoms with Crippen molar-refractivity contribution in [1.29, 1.82) is 0 Å². The first-order chi connectivity index (χ1) is 16.4. The zero-order chi connectivity index (χ0) is 24.1. The van der Waals surface area contributed by atoms with Crippen molar-refractivity contribution in [3.05, 3.63) is 59.2 Å². The number of rotatable bonds is 8. The molecule has 184 valence electrons. The summed E-state index contributed by atoms with van der Waals surface area (Å²) in [6.45, 7) is 5.30. The van der Waals surface area contributed by atoms with Crippen molar-refractivity contribution in [3.63, 3.8) is 0 Å². The van der Waals surface area contributed by atoms with E-state index in [0.29, 0.717) is 30.8 Å². The van der Waals surface area contributed by atoms with Crippen molar-refractivity contribution in [3.8, 4) is 5.75 Å². The largest absolute Gasteiger partial charge is 0.497 e. The molecule has 2 aliphatic rings. The second kappa shape index (κ2) is 10.9. The van der Waals surface area contributed by atoms with Crippen LogP contribution < -0.4 is 10.1 Å². The number of methoxy groups -OCH3 is 1. The van der Waals surface area contributed by atoms with Gasteiger partial charge in [0.2, 0.25) is 10.0 Å². The van der Waals surface area contributed by atoms with Crippen LogP contribution in [0.1, 0.15) is 59.6 Å². The Balaban J connectivity index is 1.51. The third-order valence-electron chi connectivity index (χ3n) is 6.92. The van der Waals surface area contributed by atoms with E-state index in [2.05, 4.69) is 10.2 Å². The van der Waals surface area contributed by atoms with Gasteiger partial charge in [-0.1, -0.05) is 24.6 Å². The average Bonchev–Trinajstić information content (AvgIpc) is 3.40. The van der Waals surface area contributed by atoms with E-state index in [4.69, 9.17) is 4.74 Å². The number of nitrogens with zero attached hydrogens (tertiary/aromatic N) is 2. The van der Waals surface area contributed by atoms with Crippen molar-refractivity contribution in [2.24, 2.45) is 0 Å². The predicted molar refractivity (Wildman–Crippen MR) is 133 cm³/mol. The Hall–Kier alpha value is -2.42. The number of ether oxygens (including phenoxy) is 1. The van der Waals surface area contributed by atoms with E-state index in [1.807, 2.05) is 24.3 Å². The molecule has 2 aromatic rings. The van der Waals surface area contributed by atoms with Crippen LogP contribution in [0.4, 0.5) is 0 Å². The summed E-state index contributed by atoms with van der Waals surface area (Å²) in [4.78, 5) is 15.7. The van der Waals surface area contributed by atoms with Gasteiger partial charge in [-0.15, -0.1) is 0 Å². The lowest BCUT2D eigenvalue weighted by atomic mass is 10.0. The summed E-state index contributed by atoms with van der Waals surface area (Å²) >= 11 is 0. The fraction of sp³-hybridized carbons (Fsp3) is 0.500. The Bertz CT molecular complexity index is 1090. The van der Waals surface area contributed by atoms with Crippen LogP contribution in [-0.2, 0) is 10.0 Å². The van der Waals surface area contributed by atoms with E-state index >= 15 is 0 Å². The molecule has 0 aliphatic carbocycles. The van der Waals surface area contributed by atoms with Gasteiger partial charge in [0, 0.05) is 25.2 Å². The second-order valence-corrected chi connectivity index (χ2v) is 11.1. The summed E-state index contributed by atoms with van der Waals surface area (Å²) in [5, 5.41) is 3.06. The smallest absolute Gasteiger partial charge is 0.251 e. The molecule has 1 atom stereocenters. The number of aryl methyl sites for hydroxylation is 1. The van der Waals surface area contributed by atoms with E-state index < -0.39 is 10.0 Å². The van der Waals surface area contributed by atoms with E-state index in [0.717, 1.165) is 56.5 Å². The lowest BCUT2D eigenvalue weighted by Gasteiger charge is -2.28. The van der Waals surface area contributed by atoms with Gasteiger partial charge in [-0.3, -0.25) is 9.69 Å². The first-order valence-electron chi connectivity index (χ1n) is 12.2. The molecule has 0 spiro atoms. The van der Waals surface area contributed by atoms with Crippen LogP contribution >= 0.6 is 0 Å². The van der Waals surface area contributed by atoms with Crippen LogP contribution in [0.5, 0.6) is 5.75 Å². The van der Waals surface area contributed by atoms with Crippen LogP contribution in [0.15, 0.2) is 47.4 Å².